The number of halogens is 1. The summed E-state index contributed by atoms with van der Waals surface area (Å²) in [5.41, 5.74) is 0.798. The molecule has 1 atom stereocenters. The lowest BCUT2D eigenvalue weighted by molar-refractivity contribution is -0.108. The number of aromatic nitrogens is 1. The Hall–Kier alpha value is -0.900. The van der Waals surface area contributed by atoms with Gasteiger partial charge in [-0.3, -0.25) is 0 Å². The van der Waals surface area contributed by atoms with E-state index in [2.05, 4.69) is 20.9 Å². The molecule has 0 amide bonds. The van der Waals surface area contributed by atoms with Crippen molar-refractivity contribution in [3.8, 4) is 5.88 Å². The van der Waals surface area contributed by atoms with Crippen LogP contribution in [-0.4, -0.2) is 18.4 Å². The number of aldehydes is 1. The molecule has 4 heteroatoms. The van der Waals surface area contributed by atoms with Gasteiger partial charge in [-0.1, -0.05) is 6.92 Å². The Bertz CT molecular complexity index is 314. The van der Waals surface area contributed by atoms with Crippen molar-refractivity contribution < 1.29 is 9.53 Å². The third-order valence-corrected chi connectivity index (χ3v) is 2.17. The summed E-state index contributed by atoms with van der Waals surface area (Å²) in [6.07, 6.45) is 2.51. The third-order valence-electron chi connectivity index (χ3n) is 1.73. The van der Waals surface area contributed by atoms with Crippen LogP contribution in [0, 0.1) is 0 Å². The first-order chi connectivity index (χ1) is 6.19. The molecule has 0 bridgehead atoms. The molecule has 0 aromatic carbocycles. The summed E-state index contributed by atoms with van der Waals surface area (Å²) in [6.45, 7) is 1.80. The van der Waals surface area contributed by atoms with Gasteiger partial charge in [0.2, 0.25) is 5.88 Å². The second kappa shape index (κ2) is 4.37. The Morgan fingerprint density at radius 2 is 2.38 bits per heavy atom. The van der Waals surface area contributed by atoms with Gasteiger partial charge in [-0.25, -0.2) is 4.98 Å². The van der Waals surface area contributed by atoms with Crippen molar-refractivity contribution in [2.45, 2.75) is 12.8 Å². The van der Waals surface area contributed by atoms with Crippen molar-refractivity contribution in [2.75, 3.05) is 7.11 Å². The van der Waals surface area contributed by atoms with Gasteiger partial charge in [0.25, 0.3) is 0 Å². The normalized spacial score (nSPS) is 12.2. The van der Waals surface area contributed by atoms with E-state index >= 15 is 0 Å². The average molecular weight is 244 g/mol. The van der Waals surface area contributed by atoms with Crippen molar-refractivity contribution in [1.82, 2.24) is 4.98 Å². The van der Waals surface area contributed by atoms with Gasteiger partial charge in [0.15, 0.2) is 0 Å². The first-order valence-electron chi connectivity index (χ1n) is 3.83. The van der Waals surface area contributed by atoms with Crippen molar-refractivity contribution in [1.29, 1.82) is 0 Å². The van der Waals surface area contributed by atoms with E-state index in [0.29, 0.717) is 5.88 Å². The largest absolute Gasteiger partial charge is 0.481 e. The number of rotatable bonds is 3. The minimum Gasteiger partial charge on any atom is -0.481 e. The Morgan fingerprint density at radius 1 is 1.69 bits per heavy atom. The molecule has 1 heterocycles. The number of methoxy groups -OCH3 is 1. The molecule has 1 aromatic heterocycles. The van der Waals surface area contributed by atoms with Gasteiger partial charge in [0.1, 0.15) is 6.29 Å². The standard InChI is InChI=1S/C9H10BrNO2/c1-6(5-12)8-3-7(10)4-11-9(8)13-2/h3-6H,1-2H3. The van der Waals surface area contributed by atoms with E-state index < -0.39 is 0 Å². The van der Waals surface area contributed by atoms with Crippen LogP contribution in [-0.2, 0) is 4.79 Å². The van der Waals surface area contributed by atoms with Crippen LogP contribution >= 0.6 is 15.9 Å². The number of nitrogens with zero attached hydrogens (tertiary/aromatic N) is 1. The fourth-order valence-electron chi connectivity index (χ4n) is 1.01. The van der Waals surface area contributed by atoms with Crippen molar-refractivity contribution in [3.05, 3.63) is 22.3 Å². The maximum Gasteiger partial charge on any atom is 0.217 e. The van der Waals surface area contributed by atoms with Crippen LogP contribution in [0.2, 0.25) is 0 Å². The molecule has 0 aliphatic carbocycles. The average Bonchev–Trinajstić information content (AvgIpc) is 2.16. The van der Waals surface area contributed by atoms with Gasteiger partial charge in [-0.15, -0.1) is 0 Å². The van der Waals surface area contributed by atoms with Gasteiger partial charge < -0.3 is 9.53 Å². The Labute approximate surface area is 85.3 Å². The molecule has 1 aromatic rings. The number of pyridine rings is 1. The van der Waals surface area contributed by atoms with Gasteiger partial charge in [0.05, 0.1) is 7.11 Å². The maximum absolute atomic E-state index is 10.6. The second-order valence-electron chi connectivity index (χ2n) is 2.68. The number of ether oxygens (including phenoxy) is 1. The molecule has 0 aliphatic heterocycles. The molecule has 0 saturated carbocycles. The number of carbonyl (C=O) groups is 1. The van der Waals surface area contributed by atoms with Crippen LogP contribution in [0.4, 0.5) is 0 Å². The first-order valence-corrected chi connectivity index (χ1v) is 4.63. The van der Waals surface area contributed by atoms with Crippen molar-refractivity contribution >= 4 is 22.2 Å². The highest BCUT2D eigenvalue weighted by atomic mass is 79.9. The van der Waals surface area contributed by atoms with Crippen molar-refractivity contribution in [3.63, 3.8) is 0 Å². The van der Waals surface area contributed by atoms with Crippen LogP contribution in [0.25, 0.3) is 0 Å². The van der Waals surface area contributed by atoms with Crippen LogP contribution < -0.4 is 4.74 Å². The lowest BCUT2D eigenvalue weighted by Gasteiger charge is -2.09. The summed E-state index contributed by atoms with van der Waals surface area (Å²) in [7, 11) is 1.54. The zero-order valence-corrected chi connectivity index (χ0v) is 9.04. The molecule has 1 rings (SSSR count). The Kier molecular flexibility index (Phi) is 3.42. The minimum absolute atomic E-state index is 0.194. The second-order valence-corrected chi connectivity index (χ2v) is 3.59. The fourth-order valence-corrected chi connectivity index (χ4v) is 1.36. The van der Waals surface area contributed by atoms with Crippen molar-refractivity contribution in [2.24, 2.45) is 0 Å². The summed E-state index contributed by atoms with van der Waals surface area (Å²) in [4.78, 5) is 14.6. The third kappa shape index (κ3) is 2.28. The number of hydrogen-bond donors (Lipinski definition) is 0. The van der Waals surface area contributed by atoms with Gasteiger partial charge in [0, 0.05) is 22.2 Å². The summed E-state index contributed by atoms with van der Waals surface area (Å²) in [5, 5.41) is 0. The van der Waals surface area contributed by atoms with E-state index in [4.69, 9.17) is 4.74 Å². The highest BCUT2D eigenvalue weighted by molar-refractivity contribution is 9.10. The predicted molar refractivity (Wildman–Crippen MR) is 53.0 cm³/mol. The van der Waals surface area contributed by atoms with E-state index in [1.54, 1.807) is 13.1 Å². The van der Waals surface area contributed by atoms with E-state index in [9.17, 15) is 4.79 Å². The summed E-state index contributed by atoms with van der Waals surface area (Å²) < 4.78 is 5.88. The lowest BCUT2D eigenvalue weighted by Crippen LogP contribution is -2.00. The molecule has 3 nitrogen and oxygen atoms in total. The summed E-state index contributed by atoms with van der Waals surface area (Å²) in [6, 6.07) is 1.84. The smallest absolute Gasteiger partial charge is 0.217 e. The van der Waals surface area contributed by atoms with E-state index in [0.717, 1.165) is 16.3 Å². The SMILES string of the molecule is COc1ncc(Br)cc1C(C)C=O. The molecule has 0 radical (unpaired) electrons. The van der Waals surface area contributed by atoms with Gasteiger partial charge in [-0.05, 0) is 22.0 Å². The molecule has 1 unspecified atom stereocenters. The highest BCUT2D eigenvalue weighted by Gasteiger charge is 2.11. The fraction of sp³-hybridized carbons (Fsp3) is 0.333. The molecule has 0 saturated heterocycles. The van der Waals surface area contributed by atoms with E-state index in [1.807, 2.05) is 6.07 Å². The Balaban J connectivity index is 3.14. The molecular weight excluding hydrogens is 234 g/mol. The van der Waals surface area contributed by atoms with E-state index in [-0.39, 0.29) is 5.92 Å². The minimum atomic E-state index is -0.194. The first kappa shape index (κ1) is 10.2. The molecule has 0 N–H and O–H groups in total. The van der Waals surface area contributed by atoms with Crippen LogP contribution in [0.15, 0.2) is 16.7 Å². The van der Waals surface area contributed by atoms with Crippen LogP contribution in [0.3, 0.4) is 0 Å². The van der Waals surface area contributed by atoms with Gasteiger partial charge >= 0.3 is 0 Å². The van der Waals surface area contributed by atoms with Gasteiger partial charge in [-0.2, -0.15) is 0 Å². The lowest BCUT2D eigenvalue weighted by atomic mass is 10.1. The predicted octanol–water partition coefficient (Wildman–Crippen LogP) is 2.16. The maximum atomic E-state index is 10.6. The molecule has 13 heavy (non-hydrogen) atoms. The monoisotopic (exact) mass is 243 g/mol. The van der Waals surface area contributed by atoms with Crippen LogP contribution in [0.1, 0.15) is 18.4 Å². The molecule has 0 spiro atoms. The molecular formula is C9H10BrNO2. The van der Waals surface area contributed by atoms with Crippen LogP contribution in [0.5, 0.6) is 5.88 Å². The Morgan fingerprint density at radius 3 is 2.92 bits per heavy atom. The van der Waals surface area contributed by atoms with E-state index in [1.165, 1.54) is 7.11 Å². The zero-order valence-electron chi connectivity index (χ0n) is 7.45. The topological polar surface area (TPSA) is 39.2 Å². The molecule has 0 fully saturated rings. The summed E-state index contributed by atoms with van der Waals surface area (Å²) in [5.74, 6) is 0.308. The number of hydrogen-bond acceptors (Lipinski definition) is 3. The zero-order chi connectivity index (χ0) is 9.84. The molecule has 0 aliphatic rings. The molecule has 70 valence electrons. The summed E-state index contributed by atoms with van der Waals surface area (Å²) >= 11 is 3.29. The highest BCUT2D eigenvalue weighted by Crippen LogP contribution is 2.25. The quantitative estimate of drug-likeness (QED) is 0.765. The number of carbonyl (C=O) groups excluding carboxylic acids is 1.